The van der Waals surface area contributed by atoms with Gasteiger partial charge in [-0.2, -0.15) is 13.2 Å². The molecule has 0 spiro atoms. The number of rotatable bonds is 7. The van der Waals surface area contributed by atoms with E-state index in [1.54, 1.807) is 0 Å². The second-order valence-electron chi connectivity index (χ2n) is 10.6. The molecular weight excluding hydrogens is 589 g/mol. The second kappa shape index (κ2) is 10.2. The first-order valence-corrected chi connectivity index (χ1v) is 14.0. The lowest BCUT2D eigenvalue weighted by atomic mass is 9.57. The first-order chi connectivity index (χ1) is 19.6. The van der Waals surface area contributed by atoms with Crippen LogP contribution in [0.15, 0.2) is 65.6 Å². The zero-order chi connectivity index (χ0) is 30.7. The maximum Gasteiger partial charge on any atom is 0.416 e. The van der Waals surface area contributed by atoms with E-state index in [2.05, 4.69) is 0 Å². The van der Waals surface area contributed by atoms with Crippen LogP contribution in [0.25, 0.3) is 11.1 Å². The van der Waals surface area contributed by atoms with Crippen LogP contribution in [0, 0.1) is 17.0 Å². The van der Waals surface area contributed by atoms with Crippen LogP contribution in [0.1, 0.15) is 24.8 Å². The SMILES string of the molecule is O=C(O)C1(CC2CN(S(=O)(=O)c3cccc(C(F)(F)F)c3)c3cc(-c4cc(F)ccc4F)ccc3O2)CC(O)(CO)C1. The van der Waals surface area contributed by atoms with Crippen molar-refractivity contribution in [1.82, 2.24) is 0 Å². The fourth-order valence-corrected chi connectivity index (χ4v) is 7.18. The van der Waals surface area contributed by atoms with Gasteiger partial charge >= 0.3 is 12.1 Å². The number of aliphatic carboxylic acids is 1. The molecule has 14 heteroatoms. The van der Waals surface area contributed by atoms with Crippen molar-refractivity contribution in [3.8, 4) is 16.9 Å². The molecule has 1 atom stereocenters. The molecule has 1 unspecified atom stereocenters. The molecule has 1 saturated carbocycles. The predicted octanol–water partition coefficient (Wildman–Crippen LogP) is 4.59. The third kappa shape index (κ3) is 5.29. The Morgan fingerprint density at radius 1 is 1.05 bits per heavy atom. The largest absolute Gasteiger partial charge is 0.486 e. The van der Waals surface area contributed by atoms with E-state index in [1.807, 2.05) is 0 Å². The van der Waals surface area contributed by atoms with Crippen molar-refractivity contribution in [2.45, 2.75) is 42.0 Å². The van der Waals surface area contributed by atoms with Crippen molar-refractivity contribution in [2.75, 3.05) is 17.5 Å². The summed E-state index contributed by atoms with van der Waals surface area (Å²) in [5, 5.41) is 29.6. The highest BCUT2D eigenvalue weighted by atomic mass is 32.2. The van der Waals surface area contributed by atoms with E-state index in [-0.39, 0.29) is 41.8 Å². The van der Waals surface area contributed by atoms with E-state index in [9.17, 15) is 50.5 Å². The van der Waals surface area contributed by atoms with Gasteiger partial charge < -0.3 is 20.1 Å². The van der Waals surface area contributed by atoms with Crippen molar-refractivity contribution in [2.24, 2.45) is 5.41 Å². The highest BCUT2D eigenvalue weighted by Gasteiger charge is 2.59. The van der Waals surface area contributed by atoms with Crippen LogP contribution in [0.5, 0.6) is 5.75 Å². The molecule has 1 aliphatic carbocycles. The van der Waals surface area contributed by atoms with E-state index < -0.39 is 74.5 Å². The number of benzene rings is 3. The number of sulfonamides is 1. The smallest absolute Gasteiger partial charge is 0.416 e. The number of hydrogen-bond acceptors (Lipinski definition) is 6. The van der Waals surface area contributed by atoms with Crippen LogP contribution >= 0.6 is 0 Å². The number of alkyl halides is 3. The van der Waals surface area contributed by atoms with Crippen LogP contribution in [-0.4, -0.2) is 54.6 Å². The zero-order valence-corrected chi connectivity index (χ0v) is 22.4. The summed E-state index contributed by atoms with van der Waals surface area (Å²) >= 11 is 0. The van der Waals surface area contributed by atoms with Gasteiger partial charge in [0.2, 0.25) is 0 Å². The molecule has 0 amide bonds. The minimum atomic E-state index is -4.85. The molecule has 2 aliphatic rings. The summed E-state index contributed by atoms with van der Waals surface area (Å²) < 4.78 is 103. The monoisotopic (exact) mass is 613 g/mol. The van der Waals surface area contributed by atoms with Gasteiger partial charge in [-0.1, -0.05) is 12.1 Å². The molecule has 1 heterocycles. The Morgan fingerprint density at radius 2 is 1.76 bits per heavy atom. The van der Waals surface area contributed by atoms with Crippen molar-refractivity contribution >= 4 is 21.7 Å². The van der Waals surface area contributed by atoms with Gasteiger partial charge in [0.1, 0.15) is 23.5 Å². The number of fused-ring (bicyclic) bond motifs is 1. The molecule has 3 aromatic rings. The third-order valence-electron chi connectivity index (χ3n) is 7.58. The molecule has 0 aromatic heterocycles. The first kappa shape index (κ1) is 29.7. The fourth-order valence-electron chi connectivity index (χ4n) is 5.63. The molecule has 8 nitrogen and oxygen atoms in total. The van der Waals surface area contributed by atoms with Gasteiger partial charge in [0.15, 0.2) is 0 Å². The Bertz CT molecular complexity index is 1650. The fraction of sp³-hybridized carbons (Fsp3) is 0.321. The summed E-state index contributed by atoms with van der Waals surface area (Å²) in [5.41, 5.74) is -4.78. The molecule has 1 aliphatic heterocycles. The number of carboxylic acids is 1. The number of anilines is 1. The van der Waals surface area contributed by atoms with Gasteiger partial charge in [-0.05, 0) is 66.9 Å². The number of halogens is 5. The van der Waals surface area contributed by atoms with Crippen LogP contribution in [0.2, 0.25) is 0 Å². The Morgan fingerprint density at radius 3 is 2.40 bits per heavy atom. The highest BCUT2D eigenvalue weighted by Crippen LogP contribution is 2.53. The maximum absolute atomic E-state index is 14.6. The summed E-state index contributed by atoms with van der Waals surface area (Å²) in [6, 6.07) is 9.52. The number of aliphatic hydroxyl groups excluding tert-OH is 1. The minimum absolute atomic E-state index is 0.0473. The van der Waals surface area contributed by atoms with E-state index in [0.29, 0.717) is 12.1 Å². The molecule has 0 radical (unpaired) electrons. The molecule has 224 valence electrons. The van der Waals surface area contributed by atoms with Gasteiger partial charge in [0.25, 0.3) is 10.0 Å². The lowest BCUT2D eigenvalue weighted by Gasteiger charge is -2.51. The topological polar surface area (TPSA) is 124 Å². The molecule has 0 bridgehead atoms. The number of carboxylic acid groups (broad SMARTS) is 1. The Kier molecular flexibility index (Phi) is 7.23. The van der Waals surface area contributed by atoms with E-state index in [1.165, 1.54) is 18.2 Å². The molecule has 5 rings (SSSR count). The Balaban J connectivity index is 1.60. The van der Waals surface area contributed by atoms with Gasteiger partial charge in [-0.25, -0.2) is 17.2 Å². The van der Waals surface area contributed by atoms with E-state index in [4.69, 9.17) is 4.74 Å². The van der Waals surface area contributed by atoms with Crippen LogP contribution in [0.4, 0.5) is 27.6 Å². The number of hydrogen-bond donors (Lipinski definition) is 3. The van der Waals surface area contributed by atoms with Crippen molar-refractivity contribution in [3.63, 3.8) is 0 Å². The minimum Gasteiger partial charge on any atom is -0.486 e. The first-order valence-electron chi connectivity index (χ1n) is 12.6. The standard InChI is InChI=1S/C28H24F5NO7S/c29-18-5-6-22(30)21(10-18)16-4-7-24-23(8-16)34(42(39,40)20-3-1-2-17(9-20)28(31,32)33)12-19(41-24)11-26(25(36)37)13-27(38,14-26)15-35/h1-10,19,35,38H,11-15H2,(H,36,37). The summed E-state index contributed by atoms with van der Waals surface area (Å²) in [4.78, 5) is 11.5. The van der Waals surface area contributed by atoms with Gasteiger partial charge in [-0.3, -0.25) is 9.10 Å². The quantitative estimate of drug-likeness (QED) is 0.333. The van der Waals surface area contributed by atoms with Gasteiger partial charge in [-0.15, -0.1) is 0 Å². The molecule has 0 saturated heterocycles. The normalized spacial score (nSPS) is 24.0. The Hall–Kier alpha value is -3.75. The summed E-state index contributed by atoms with van der Waals surface area (Å²) in [6.45, 7) is -1.24. The zero-order valence-electron chi connectivity index (χ0n) is 21.6. The summed E-state index contributed by atoms with van der Waals surface area (Å²) in [7, 11) is -4.75. The van der Waals surface area contributed by atoms with Gasteiger partial charge in [0.05, 0.1) is 40.3 Å². The molecule has 1 fully saturated rings. The van der Waals surface area contributed by atoms with Crippen LogP contribution in [-0.2, 0) is 21.0 Å². The number of ether oxygens (including phenoxy) is 1. The van der Waals surface area contributed by atoms with E-state index >= 15 is 0 Å². The van der Waals surface area contributed by atoms with Crippen molar-refractivity contribution in [3.05, 3.63) is 77.9 Å². The molecule has 3 N–H and O–H groups in total. The lowest BCUT2D eigenvalue weighted by Crippen LogP contribution is -2.60. The number of aliphatic hydroxyl groups is 2. The number of carbonyl (C=O) groups is 1. The Labute approximate surface area is 236 Å². The maximum atomic E-state index is 14.6. The third-order valence-corrected chi connectivity index (χ3v) is 9.36. The highest BCUT2D eigenvalue weighted by molar-refractivity contribution is 7.92. The predicted molar refractivity (Wildman–Crippen MR) is 138 cm³/mol. The van der Waals surface area contributed by atoms with Crippen molar-refractivity contribution < 1.29 is 55.2 Å². The van der Waals surface area contributed by atoms with E-state index in [0.717, 1.165) is 34.6 Å². The number of nitrogens with zero attached hydrogens (tertiary/aromatic N) is 1. The summed E-state index contributed by atoms with van der Waals surface area (Å²) in [5.74, 6) is -2.99. The molecular formula is C28H24F5NO7S. The average Bonchev–Trinajstić information content (AvgIpc) is 2.92. The van der Waals surface area contributed by atoms with Gasteiger partial charge in [0, 0.05) is 12.0 Å². The molecule has 42 heavy (non-hydrogen) atoms. The van der Waals surface area contributed by atoms with Crippen LogP contribution in [0.3, 0.4) is 0 Å². The van der Waals surface area contributed by atoms with Crippen molar-refractivity contribution in [1.29, 1.82) is 0 Å². The lowest BCUT2D eigenvalue weighted by molar-refractivity contribution is -0.193. The average molecular weight is 614 g/mol. The summed E-state index contributed by atoms with van der Waals surface area (Å²) in [6.07, 6.45) is -6.97. The molecule has 3 aromatic carbocycles. The van der Waals surface area contributed by atoms with Crippen LogP contribution < -0.4 is 9.04 Å². The second-order valence-corrected chi connectivity index (χ2v) is 12.5.